The zero-order chi connectivity index (χ0) is 20.1. The van der Waals surface area contributed by atoms with Crippen LogP contribution in [0.1, 0.15) is 0 Å². The van der Waals surface area contributed by atoms with Crippen LogP contribution < -0.4 is 5.56 Å². The van der Waals surface area contributed by atoms with Crippen molar-refractivity contribution in [1.29, 1.82) is 0 Å². The Morgan fingerprint density at radius 2 is 1.37 bits per heavy atom. The Kier molecular flexibility index (Phi) is 3.72. The van der Waals surface area contributed by atoms with Crippen LogP contribution in [0, 0.1) is 0 Å². The number of fused-ring (bicyclic) bond motifs is 4. The van der Waals surface area contributed by atoms with Crippen molar-refractivity contribution in [2.45, 2.75) is 0 Å². The molecule has 0 bridgehead atoms. The average molecular weight is 406 g/mol. The van der Waals surface area contributed by atoms with Gasteiger partial charge in [0.05, 0.1) is 15.9 Å². The van der Waals surface area contributed by atoms with E-state index in [-0.39, 0.29) is 5.56 Å². The van der Waals surface area contributed by atoms with Crippen molar-refractivity contribution >= 4 is 37.5 Å². The number of aromatic nitrogens is 4. The van der Waals surface area contributed by atoms with Gasteiger partial charge in [-0.2, -0.15) is 4.98 Å². The highest BCUT2D eigenvalue weighted by molar-refractivity contribution is 7.23. The van der Waals surface area contributed by atoms with Gasteiger partial charge in [0, 0.05) is 11.1 Å². The standard InChI is InChI=1S/C24H14N4OS/c29-23-19-20(15-9-3-1-4-10-15)25-21(16-11-5-2-6-12-16)26-22(19)27-24-28(23)17-13-7-8-14-18(17)30-24/h1-14H. The third kappa shape index (κ3) is 2.54. The predicted octanol–water partition coefficient (Wildman–Crippen LogP) is 5.19. The molecule has 0 saturated heterocycles. The minimum atomic E-state index is -0.147. The highest BCUT2D eigenvalue weighted by Crippen LogP contribution is 2.29. The lowest BCUT2D eigenvalue weighted by Crippen LogP contribution is -2.16. The second-order valence-electron chi connectivity index (χ2n) is 6.93. The monoisotopic (exact) mass is 406 g/mol. The van der Waals surface area contributed by atoms with Crippen LogP contribution in [0.2, 0.25) is 0 Å². The molecule has 0 spiro atoms. The summed E-state index contributed by atoms with van der Waals surface area (Å²) in [6.45, 7) is 0. The fourth-order valence-electron chi connectivity index (χ4n) is 3.69. The maximum absolute atomic E-state index is 13.7. The molecule has 0 atom stereocenters. The van der Waals surface area contributed by atoms with Crippen molar-refractivity contribution in [2.75, 3.05) is 0 Å². The Balaban J connectivity index is 1.79. The van der Waals surface area contributed by atoms with Crippen LogP contribution >= 0.6 is 11.3 Å². The van der Waals surface area contributed by atoms with Gasteiger partial charge in [-0.25, -0.2) is 9.97 Å². The van der Waals surface area contributed by atoms with Gasteiger partial charge in [-0.05, 0) is 12.1 Å². The van der Waals surface area contributed by atoms with Crippen molar-refractivity contribution in [3.05, 3.63) is 95.3 Å². The smallest absolute Gasteiger partial charge is 0.268 e. The van der Waals surface area contributed by atoms with E-state index in [0.29, 0.717) is 27.5 Å². The Morgan fingerprint density at radius 3 is 2.13 bits per heavy atom. The molecule has 6 aromatic rings. The number of rotatable bonds is 2. The van der Waals surface area contributed by atoms with Gasteiger partial charge in [-0.1, -0.05) is 84.1 Å². The van der Waals surface area contributed by atoms with Crippen LogP contribution in [-0.4, -0.2) is 19.4 Å². The van der Waals surface area contributed by atoms with E-state index in [4.69, 9.17) is 9.97 Å². The van der Waals surface area contributed by atoms with E-state index >= 15 is 0 Å². The molecule has 0 saturated carbocycles. The fraction of sp³-hybridized carbons (Fsp3) is 0. The lowest BCUT2D eigenvalue weighted by atomic mass is 10.1. The number of hydrogen-bond acceptors (Lipinski definition) is 5. The van der Waals surface area contributed by atoms with Crippen LogP contribution in [0.15, 0.2) is 89.7 Å². The molecular weight excluding hydrogens is 392 g/mol. The second kappa shape index (κ2) is 6.57. The zero-order valence-corrected chi connectivity index (χ0v) is 16.5. The van der Waals surface area contributed by atoms with E-state index in [2.05, 4.69) is 4.98 Å². The zero-order valence-electron chi connectivity index (χ0n) is 15.7. The summed E-state index contributed by atoms with van der Waals surface area (Å²) in [6.07, 6.45) is 0. The maximum Gasteiger partial charge on any atom is 0.270 e. The Hall–Kier alpha value is -3.90. The van der Waals surface area contributed by atoms with Crippen LogP contribution in [0.4, 0.5) is 0 Å². The molecule has 0 unspecified atom stereocenters. The summed E-state index contributed by atoms with van der Waals surface area (Å²) < 4.78 is 2.68. The minimum Gasteiger partial charge on any atom is -0.268 e. The topological polar surface area (TPSA) is 60.2 Å². The van der Waals surface area contributed by atoms with Crippen LogP contribution in [0.5, 0.6) is 0 Å². The predicted molar refractivity (Wildman–Crippen MR) is 121 cm³/mol. The van der Waals surface area contributed by atoms with E-state index in [9.17, 15) is 4.79 Å². The summed E-state index contributed by atoms with van der Waals surface area (Å²) in [5.74, 6) is 0.555. The molecule has 3 aromatic heterocycles. The third-order valence-electron chi connectivity index (χ3n) is 5.09. The van der Waals surface area contributed by atoms with Gasteiger partial charge < -0.3 is 0 Å². The lowest BCUT2D eigenvalue weighted by molar-refractivity contribution is 1.12. The molecule has 0 amide bonds. The van der Waals surface area contributed by atoms with Gasteiger partial charge >= 0.3 is 0 Å². The lowest BCUT2D eigenvalue weighted by Gasteiger charge is -2.09. The fourth-order valence-corrected chi connectivity index (χ4v) is 4.71. The summed E-state index contributed by atoms with van der Waals surface area (Å²) in [4.78, 5) is 28.6. The molecule has 0 aliphatic carbocycles. The SMILES string of the molecule is O=c1c2c(-c3ccccc3)nc(-c3ccccc3)nc2nc2sc3ccccc3n12. The number of thiazole rings is 1. The summed E-state index contributed by atoms with van der Waals surface area (Å²) in [6, 6.07) is 27.3. The van der Waals surface area contributed by atoms with Crippen LogP contribution in [-0.2, 0) is 0 Å². The van der Waals surface area contributed by atoms with E-state index in [1.807, 2.05) is 84.9 Å². The average Bonchev–Trinajstić information content (AvgIpc) is 3.18. The minimum absolute atomic E-state index is 0.147. The molecule has 6 heteroatoms. The highest BCUT2D eigenvalue weighted by Gasteiger charge is 2.19. The number of para-hydroxylation sites is 1. The van der Waals surface area contributed by atoms with Gasteiger partial charge in [0.2, 0.25) is 0 Å². The second-order valence-corrected chi connectivity index (χ2v) is 7.94. The molecule has 0 aliphatic rings. The number of hydrogen-bond donors (Lipinski definition) is 0. The molecule has 0 fully saturated rings. The largest absolute Gasteiger partial charge is 0.270 e. The molecule has 0 radical (unpaired) electrons. The molecule has 0 aliphatic heterocycles. The molecule has 6 rings (SSSR count). The van der Waals surface area contributed by atoms with Crippen LogP contribution in [0.25, 0.3) is 48.9 Å². The Bertz CT molecular complexity index is 1610. The molecule has 3 aromatic carbocycles. The van der Waals surface area contributed by atoms with Gasteiger partial charge in [0.15, 0.2) is 16.4 Å². The van der Waals surface area contributed by atoms with E-state index < -0.39 is 0 Å². The summed E-state index contributed by atoms with van der Waals surface area (Å²) in [5.41, 5.74) is 3.46. The van der Waals surface area contributed by atoms with E-state index in [1.165, 1.54) is 11.3 Å². The normalized spacial score (nSPS) is 11.5. The number of benzene rings is 3. The van der Waals surface area contributed by atoms with Gasteiger partial charge in [-0.3, -0.25) is 9.20 Å². The molecule has 3 heterocycles. The summed E-state index contributed by atoms with van der Waals surface area (Å²) in [7, 11) is 0. The van der Waals surface area contributed by atoms with Gasteiger partial charge in [0.1, 0.15) is 5.39 Å². The Labute approximate surface area is 174 Å². The van der Waals surface area contributed by atoms with E-state index in [0.717, 1.165) is 21.3 Å². The first kappa shape index (κ1) is 17.0. The highest BCUT2D eigenvalue weighted by atomic mass is 32.1. The van der Waals surface area contributed by atoms with E-state index in [1.54, 1.807) is 4.40 Å². The molecule has 142 valence electrons. The van der Waals surface area contributed by atoms with Gasteiger partial charge in [-0.15, -0.1) is 0 Å². The van der Waals surface area contributed by atoms with Crippen molar-refractivity contribution in [2.24, 2.45) is 0 Å². The molecule has 5 nitrogen and oxygen atoms in total. The van der Waals surface area contributed by atoms with Crippen molar-refractivity contribution in [3.63, 3.8) is 0 Å². The summed E-state index contributed by atoms with van der Waals surface area (Å²) >= 11 is 1.49. The summed E-state index contributed by atoms with van der Waals surface area (Å²) in [5, 5.41) is 0.432. The van der Waals surface area contributed by atoms with Crippen LogP contribution in [0.3, 0.4) is 0 Å². The van der Waals surface area contributed by atoms with Crippen molar-refractivity contribution in [3.8, 4) is 22.6 Å². The first-order chi connectivity index (χ1) is 14.8. The molecule has 0 N–H and O–H groups in total. The molecule has 30 heavy (non-hydrogen) atoms. The first-order valence-corrected chi connectivity index (χ1v) is 10.3. The van der Waals surface area contributed by atoms with Crippen molar-refractivity contribution in [1.82, 2.24) is 19.4 Å². The van der Waals surface area contributed by atoms with Gasteiger partial charge in [0.25, 0.3) is 5.56 Å². The maximum atomic E-state index is 13.7. The third-order valence-corrected chi connectivity index (χ3v) is 6.11. The Morgan fingerprint density at radius 1 is 0.700 bits per heavy atom. The molecular formula is C24H14N4OS. The number of nitrogens with zero attached hydrogens (tertiary/aromatic N) is 4. The van der Waals surface area contributed by atoms with Crippen molar-refractivity contribution < 1.29 is 0 Å². The quantitative estimate of drug-likeness (QED) is 0.397. The first-order valence-electron chi connectivity index (χ1n) is 9.52.